The highest BCUT2D eigenvalue weighted by Gasteiger charge is 2.37. The Morgan fingerprint density at radius 2 is 2.05 bits per heavy atom. The summed E-state index contributed by atoms with van der Waals surface area (Å²) in [4.78, 5) is 24.1. The number of carbonyl (C=O) groups excluding carboxylic acids is 1. The summed E-state index contributed by atoms with van der Waals surface area (Å²) in [6.45, 7) is 6.13. The van der Waals surface area contributed by atoms with Gasteiger partial charge >= 0.3 is 12.1 Å². The maximum Gasteiger partial charge on any atom is 0.410 e. The number of nitrogens with zero attached hydrogens (tertiary/aromatic N) is 4. The molecule has 0 spiro atoms. The van der Waals surface area contributed by atoms with E-state index in [2.05, 4.69) is 10.3 Å². The molecule has 1 aliphatic heterocycles. The number of amides is 1. The normalized spacial score (nSPS) is 16.1. The van der Waals surface area contributed by atoms with Crippen molar-refractivity contribution in [1.82, 2.24) is 19.9 Å². The summed E-state index contributed by atoms with van der Waals surface area (Å²) in [6.07, 6.45) is 0.791. The van der Waals surface area contributed by atoms with Crippen LogP contribution in [0.4, 0.5) is 4.79 Å². The van der Waals surface area contributed by atoms with Gasteiger partial charge in [0.1, 0.15) is 5.60 Å². The van der Waals surface area contributed by atoms with E-state index in [0.717, 1.165) is 0 Å². The number of aromatic carboxylic acids is 1. The first-order valence-electron chi connectivity index (χ1n) is 5.89. The summed E-state index contributed by atoms with van der Waals surface area (Å²) in [7, 11) is 0. The van der Waals surface area contributed by atoms with Crippen LogP contribution in [0.2, 0.25) is 0 Å². The number of carboxylic acids is 1. The fraction of sp³-hybridized carbons (Fsp3) is 0.636. The fourth-order valence-electron chi connectivity index (χ4n) is 1.75. The van der Waals surface area contributed by atoms with E-state index in [1.165, 1.54) is 15.8 Å². The predicted molar refractivity (Wildman–Crippen MR) is 63.8 cm³/mol. The average molecular weight is 268 g/mol. The van der Waals surface area contributed by atoms with E-state index in [4.69, 9.17) is 9.84 Å². The van der Waals surface area contributed by atoms with Crippen LogP contribution in [0.5, 0.6) is 0 Å². The Bertz CT molecular complexity index is 499. The van der Waals surface area contributed by atoms with Gasteiger partial charge in [0.2, 0.25) is 0 Å². The smallest absolute Gasteiger partial charge is 0.410 e. The molecule has 0 bridgehead atoms. The van der Waals surface area contributed by atoms with Crippen molar-refractivity contribution in [3.05, 3.63) is 11.9 Å². The zero-order valence-electron chi connectivity index (χ0n) is 11.0. The molecule has 1 aromatic rings. The third-order valence-electron chi connectivity index (χ3n) is 2.65. The number of hydrogen-bond donors (Lipinski definition) is 1. The lowest BCUT2D eigenvalue weighted by Crippen LogP contribution is -2.52. The van der Waals surface area contributed by atoms with Gasteiger partial charge in [0.15, 0.2) is 5.69 Å². The third kappa shape index (κ3) is 2.83. The van der Waals surface area contributed by atoms with Crippen LogP contribution in [0.15, 0.2) is 6.20 Å². The second-order valence-corrected chi connectivity index (χ2v) is 5.41. The molecule has 0 aliphatic carbocycles. The first-order valence-corrected chi connectivity index (χ1v) is 5.89. The summed E-state index contributed by atoms with van der Waals surface area (Å²) in [5.41, 5.74) is -0.518. The number of likely N-dealkylation sites (tertiary alicyclic amines) is 1. The molecule has 1 aliphatic rings. The van der Waals surface area contributed by atoms with Gasteiger partial charge in [-0.05, 0) is 20.8 Å². The molecule has 0 aromatic carbocycles. The number of carbonyl (C=O) groups is 2. The molecule has 0 saturated carbocycles. The van der Waals surface area contributed by atoms with E-state index >= 15 is 0 Å². The van der Waals surface area contributed by atoms with E-state index in [0.29, 0.717) is 13.1 Å². The first kappa shape index (κ1) is 13.3. The predicted octanol–water partition coefficient (Wildman–Crippen LogP) is 0.768. The van der Waals surface area contributed by atoms with Crippen molar-refractivity contribution < 1.29 is 19.4 Å². The van der Waals surface area contributed by atoms with Crippen molar-refractivity contribution >= 4 is 12.1 Å². The van der Waals surface area contributed by atoms with Crippen LogP contribution in [0, 0.1) is 0 Å². The molecule has 19 heavy (non-hydrogen) atoms. The number of hydrogen-bond acceptors (Lipinski definition) is 5. The zero-order chi connectivity index (χ0) is 14.2. The summed E-state index contributed by atoms with van der Waals surface area (Å²) in [5, 5.41) is 16.3. The molecule has 1 amide bonds. The van der Waals surface area contributed by atoms with Gasteiger partial charge in [-0.25, -0.2) is 14.3 Å². The highest BCUT2D eigenvalue weighted by molar-refractivity contribution is 5.85. The van der Waals surface area contributed by atoms with E-state index < -0.39 is 17.7 Å². The third-order valence-corrected chi connectivity index (χ3v) is 2.65. The summed E-state index contributed by atoms with van der Waals surface area (Å²) < 4.78 is 6.53. The largest absolute Gasteiger partial charge is 0.476 e. The minimum absolute atomic E-state index is 0.0221. The monoisotopic (exact) mass is 268 g/mol. The number of carboxylic acid groups (broad SMARTS) is 1. The Labute approximate surface area is 109 Å². The van der Waals surface area contributed by atoms with Gasteiger partial charge in [0.25, 0.3) is 0 Å². The van der Waals surface area contributed by atoms with Crippen LogP contribution in [0.1, 0.15) is 37.3 Å². The van der Waals surface area contributed by atoms with Crippen molar-refractivity contribution in [2.24, 2.45) is 0 Å². The van der Waals surface area contributed by atoms with Crippen molar-refractivity contribution in [3.8, 4) is 0 Å². The number of ether oxygens (including phenoxy) is 1. The van der Waals surface area contributed by atoms with E-state index in [1.807, 2.05) is 0 Å². The van der Waals surface area contributed by atoms with E-state index in [9.17, 15) is 9.59 Å². The van der Waals surface area contributed by atoms with Crippen molar-refractivity contribution in [1.29, 1.82) is 0 Å². The SMILES string of the molecule is CC(C)(C)OC(=O)N1CC(n2nncc2C(=O)O)C1. The van der Waals surface area contributed by atoms with Gasteiger partial charge in [-0.3, -0.25) is 0 Å². The maximum atomic E-state index is 11.7. The molecule has 2 heterocycles. The van der Waals surface area contributed by atoms with Gasteiger partial charge in [0.05, 0.1) is 12.2 Å². The van der Waals surface area contributed by atoms with Gasteiger partial charge < -0.3 is 14.7 Å². The number of rotatable bonds is 2. The Kier molecular flexibility index (Phi) is 3.17. The van der Waals surface area contributed by atoms with Gasteiger partial charge in [-0.15, -0.1) is 5.10 Å². The molecule has 1 saturated heterocycles. The molecule has 1 N–H and O–H groups in total. The average Bonchev–Trinajstić information content (AvgIpc) is 2.60. The van der Waals surface area contributed by atoms with Crippen LogP contribution in [-0.2, 0) is 4.74 Å². The molecule has 2 rings (SSSR count). The summed E-state index contributed by atoms with van der Waals surface area (Å²) in [5.74, 6) is -1.08. The van der Waals surface area contributed by atoms with Crippen molar-refractivity contribution in [3.63, 3.8) is 0 Å². The molecule has 8 heteroatoms. The van der Waals surface area contributed by atoms with Crippen LogP contribution in [0.3, 0.4) is 0 Å². The maximum absolute atomic E-state index is 11.7. The summed E-state index contributed by atoms with van der Waals surface area (Å²) >= 11 is 0. The lowest BCUT2D eigenvalue weighted by Gasteiger charge is -2.39. The van der Waals surface area contributed by atoms with Crippen LogP contribution in [-0.4, -0.2) is 55.8 Å². The highest BCUT2D eigenvalue weighted by atomic mass is 16.6. The van der Waals surface area contributed by atoms with Crippen LogP contribution < -0.4 is 0 Å². The quantitative estimate of drug-likeness (QED) is 0.850. The lowest BCUT2D eigenvalue weighted by atomic mass is 10.1. The van der Waals surface area contributed by atoms with E-state index in [1.54, 1.807) is 20.8 Å². The molecule has 1 aromatic heterocycles. The zero-order valence-corrected chi connectivity index (χ0v) is 11.0. The topological polar surface area (TPSA) is 97.5 Å². The highest BCUT2D eigenvalue weighted by Crippen LogP contribution is 2.23. The van der Waals surface area contributed by atoms with Crippen molar-refractivity contribution in [2.45, 2.75) is 32.4 Å². The molecule has 0 radical (unpaired) electrons. The second-order valence-electron chi connectivity index (χ2n) is 5.41. The minimum atomic E-state index is -1.08. The van der Waals surface area contributed by atoms with Crippen LogP contribution >= 0.6 is 0 Å². The Balaban J connectivity index is 1.94. The standard InChI is InChI=1S/C11H16N4O4/c1-11(2,3)19-10(18)14-5-7(6-14)15-8(9(16)17)4-12-13-15/h4,7H,5-6H2,1-3H3,(H,16,17). The van der Waals surface area contributed by atoms with Gasteiger partial charge in [0, 0.05) is 13.1 Å². The molecule has 104 valence electrons. The second kappa shape index (κ2) is 4.52. The van der Waals surface area contributed by atoms with Crippen molar-refractivity contribution in [2.75, 3.05) is 13.1 Å². The minimum Gasteiger partial charge on any atom is -0.476 e. The first-order chi connectivity index (χ1) is 8.78. The Morgan fingerprint density at radius 1 is 1.42 bits per heavy atom. The van der Waals surface area contributed by atoms with Gasteiger partial charge in [-0.1, -0.05) is 5.21 Å². The molecule has 0 unspecified atom stereocenters. The molecular weight excluding hydrogens is 252 g/mol. The molecule has 8 nitrogen and oxygen atoms in total. The summed E-state index contributed by atoms with van der Waals surface area (Å²) in [6, 6.07) is -0.166. The van der Waals surface area contributed by atoms with Crippen LogP contribution in [0.25, 0.3) is 0 Å². The molecular formula is C11H16N4O4. The lowest BCUT2D eigenvalue weighted by molar-refractivity contribution is -0.00102. The Morgan fingerprint density at radius 3 is 2.58 bits per heavy atom. The molecule has 1 fully saturated rings. The van der Waals surface area contributed by atoms with E-state index in [-0.39, 0.29) is 11.7 Å². The fourth-order valence-corrected chi connectivity index (χ4v) is 1.75. The molecule has 0 atom stereocenters. The number of aromatic nitrogens is 3. The van der Waals surface area contributed by atoms with Gasteiger partial charge in [-0.2, -0.15) is 0 Å². The Hall–Kier alpha value is -2.12.